The van der Waals surface area contributed by atoms with Crippen LogP contribution in [0.2, 0.25) is 0 Å². The summed E-state index contributed by atoms with van der Waals surface area (Å²) in [5.74, 6) is 0. The fourth-order valence-electron chi connectivity index (χ4n) is 5.34. The lowest BCUT2D eigenvalue weighted by Gasteiger charge is -2.10. The van der Waals surface area contributed by atoms with Crippen LogP contribution >= 0.6 is 0 Å². The normalized spacial score (nSPS) is 11.2. The van der Waals surface area contributed by atoms with Crippen LogP contribution < -0.4 is 0 Å². The van der Waals surface area contributed by atoms with Crippen LogP contribution in [-0.4, -0.2) is 0 Å². The van der Waals surface area contributed by atoms with Gasteiger partial charge in [-0.05, 0) is 90.3 Å². The van der Waals surface area contributed by atoms with Gasteiger partial charge >= 0.3 is 0 Å². The number of fused-ring (bicyclic) bond motifs is 2. The van der Waals surface area contributed by atoms with Crippen molar-refractivity contribution in [3.8, 4) is 44.5 Å². The molecule has 0 heterocycles. The van der Waals surface area contributed by atoms with E-state index in [1.54, 1.807) is 0 Å². The maximum atomic E-state index is 2.29. The summed E-state index contributed by atoms with van der Waals surface area (Å²) >= 11 is 0. The van der Waals surface area contributed by atoms with Gasteiger partial charge in [0, 0.05) is 0 Å². The van der Waals surface area contributed by atoms with Gasteiger partial charge in [0.25, 0.3) is 0 Å². The molecule has 0 aliphatic heterocycles. The van der Waals surface area contributed by atoms with Gasteiger partial charge in [0.2, 0.25) is 0 Å². The molecular weight excluding hydrogens is 456 g/mol. The molecule has 0 fully saturated rings. The van der Waals surface area contributed by atoms with Crippen LogP contribution in [0.3, 0.4) is 0 Å². The monoisotopic (exact) mass is 482 g/mol. The Kier molecular flexibility index (Phi) is 5.57. The average Bonchev–Trinajstić information content (AvgIpc) is 3.01. The molecule has 0 nitrogen and oxygen atoms in total. The highest BCUT2D eigenvalue weighted by Gasteiger charge is 2.06. The highest BCUT2D eigenvalue weighted by Crippen LogP contribution is 2.32. The molecule has 0 aliphatic rings. The van der Waals surface area contributed by atoms with Crippen LogP contribution in [0.25, 0.3) is 66.1 Å². The van der Waals surface area contributed by atoms with Gasteiger partial charge < -0.3 is 0 Å². The number of benzene rings is 7. The fourth-order valence-corrected chi connectivity index (χ4v) is 5.34. The van der Waals surface area contributed by atoms with Crippen molar-refractivity contribution in [2.45, 2.75) is 0 Å². The number of rotatable bonds is 4. The van der Waals surface area contributed by atoms with Gasteiger partial charge in [-0.3, -0.25) is 0 Å². The van der Waals surface area contributed by atoms with Crippen LogP contribution in [0.5, 0.6) is 0 Å². The summed E-state index contributed by atoms with van der Waals surface area (Å²) in [6, 6.07) is 57.0. The van der Waals surface area contributed by atoms with E-state index in [2.05, 4.69) is 158 Å². The summed E-state index contributed by atoms with van der Waals surface area (Å²) in [5.41, 5.74) is 9.91. The van der Waals surface area contributed by atoms with Gasteiger partial charge in [-0.15, -0.1) is 0 Å². The van der Waals surface area contributed by atoms with Gasteiger partial charge in [-0.25, -0.2) is 0 Å². The highest BCUT2D eigenvalue weighted by molar-refractivity contribution is 5.91. The van der Waals surface area contributed by atoms with Crippen molar-refractivity contribution in [1.29, 1.82) is 0 Å². The molecule has 0 atom stereocenters. The molecule has 7 aromatic rings. The molecule has 7 rings (SSSR count). The molecule has 0 bridgehead atoms. The van der Waals surface area contributed by atoms with E-state index in [0.717, 1.165) is 0 Å². The van der Waals surface area contributed by atoms with Gasteiger partial charge in [0.15, 0.2) is 0 Å². The Hall–Kier alpha value is -4.94. The maximum Gasteiger partial charge on any atom is -0.0177 e. The average molecular weight is 483 g/mol. The summed E-state index contributed by atoms with van der Waals surface area (Å²) < 4.78 is 0. The topological polar surface area (TPSA) is 0 Å². The summed E-state index contributed by atoms with van der Waals surface area (Å²) in [7, 11) is 0. The molecule has 0 amide bonds. The molecule has 0 aromatic heterocycles. The minimum Gasteiger partial charge on any atom is -0.0622 e. The van der Waals surface area contributed by atoms with Crippen LogP contribution in [0, 0.1) is 0 Å². The van der Waals surface area contributed by atoms with Gasteiger partial charge in [-0.2, -0.15) is 0 Å². The molecule has 0 unspecified atom stereocenters. The molecular formula is C38H26. The Balaban J connectivity index is 1.17. The first-order valence-electron chi connectivity index (χ1n) is 13.1. The van der Waals surface area contributed by atoms with Gasteiger partial charge in [-0.1, -0.05) is 133 Å². The summed E-state index contributed by atoms with van der Waals surface area (Å²) in [6.07, 6.45) is 0. The third kappa shape index (κ3) is 4.27. The van der Waals surface area contributed by atoms with Crippen LogP contribution in [0.1, 0.15) is 0 Å². The Bertz CT molecular complexity index is 1890. The van der Waals surface area contributed by atoms with E-state index >= 15 is 0 Å². The molecule has 0 aliphatic carbocycles. The van der Waals surface area contributed by atoms with E-state index in [0.29, 0.717) is 0 Å². The second kappa shape index (κ2) is 9.50. The standard InChI is InChI=1S/C38H26/c1-2-7-27(8-3-1)34-19-21-38-26-35(20-22-37(38)25-34)30-15-13-29(14-16-30)32-11-6-12-33(23-32)36-18-17-28-9-4-5-10-31(28)24-36/h1-26H. The predicted molar refractivity (Wildman–Crippen MR) is 163 cm³/mol. The second-order valence-electron chi connectivity index (χ2n) is 9.86. The lowest BCUT2D eigenvalue weighted by molar-refractivity contribution is 1.58. The van der Waals surface area contributed by atoms with Crippen molar-refractivity contribution in [2.75, 3.05) is 0 Å². The Morgan fingerprint density at radius 1 is 0.184 bits per heavy atom. The number of hydrogen-bond acceptors (Lipinski definition) is 0. The highest BCUT2D eigenvalue weighted by atomic mass is 14.1. The van der Waals surface area contributed by atoms with Crippen LogP contribution in [0.4, 0.5) is 0 Å². The first-order chi connectivity index (χ1) is 18.8. The summed E-state index contributed by atoms with van der Waals surface area (Å²) in [4.78, 5) is 0. The molecule has 0 spiro atoms. The van der Waals surface area contributed by atoms with Crippen molar-refractivity contribution in [2.24, 2.45) is 0 Å². The van der Waals surface area contributed by atoms with E-state index in [1.165, 1.54) is 66.1 Å². The van der Waals surface area contributed by atoms with E-state index in [9.17, 15) is 0 Å². The molecule has 0 N–H and O–H groups in total. The second-order valence-corrected chi connectivity index (χ2v) is 9.86. The molecule has 0 radical (unpaired) electrons. The van der Waals surface area contributed by atoms with Crippen molar-refractivity contribution in [3.63, 3.8) is 0 Å². The zero-order chi connectivity index (χ0) is 25.3. The predicted octanol–water partition coefficient (Wildman–Crippen LogP) is 10.7. The largest absolute Gasteiger partial charge is 0.0622 e. The smallest absolute Gasteiger partial charge is 0.0177 e. The van der Waals surface area contributed by atoms with Crippen LogP contribution in [0.15, 0.2) is 158 Å². The van der Waals surface area contributed by atoms with E-state index in [1.807, 2.05) is 0 Å². The minimum atomic E-state index is 1.23. The summed E-state index contributed by atoms with van der Waals surface area (Å²) in [6.45, 7) is 0. The van der Waals surface area contributed by atoms with Crippen molar-refractivity contribution in [3.05, 3.63) is 158 Å². The van der Waals surface area contributed by atoms with Gasteiger partial charge in [0.05, 0.1) is 0 Å². The fraction of sp³-hybridized carbons (Fsp3) is 0. The molecule has 7 aromatic carbocycles. The van der Waals surface area contributed by atoms with Crippen LogP contribution in [-0.2, 0) is 0 Å². The number of hydrogen-bond donors (Lipinski definition) is 0. The molecule has 0 saturated carbocycles. The molecule has 178 valence electrons. The van der Waals surface area contributed by atoms with E-state index in [-0.39, 0.29) is 0 Å². The zero-order valence-electron chi connectivity index (χ0n) is 21.0. The maximum absolute atomic E-state index is 2.29. The molecule has 38 heavy (non-hydrogen) atoms. The third-order valence-electron chi connectivity index (χ3n) is 7.44. The zero-order valence-corrected chi connectivity index (χ0v) is 21.0. The van der Waals surface area contributed by atoms with Crippen molar-refractivity contribution in [1.82, 2.24) is 0 Å². The van der Waals surface area contributed by atoms with E-state index in [4.69, 9.17) is 0 Å². The first kappa shape index (κ1) is 22.3. The third-order valence-corrected chi connectivity index (χ3v) is 7.44. The molecule has 0 heteroatoms. The SMILES string of the molecule is c1ccc(-c2ccc3cc(-c4ccc(-c5cccc(-c6ccc7ccccc7c6)c5)cc4)ccc3c2)cc1. The van der Waals surface area contributed by atoms with Crippen molar-refractivity contribution >= 4 is 21.5 Å². The summed E-state index contributed by atoms with van der Waals surface area (Å²) in [5, 5.41) is 5.06. The lowest BCUT2D eigenvalue weighted by atomic mass is 9.95. The Morgan fingerprint density at radius 2 is 0.526 bits per heavy atom. The van der Waals surface area contributed by atoms with Crippen molar-refractivity contribution < 1.29 is 0 Å². The van der Waals surface area contributed by atoms with Gasteiger partial charge in [0.1, 0.15) is 0 Å². The minimum absolute atomic E-state index is 1.23. The Morgan fingerprint density at radius 3 is 1.13 bits per heavy atom. The molecule has 0 saturated heterocycles. The van der Waals surface area contributed by atoms with E-state index < -0.39 is 0 Å². The first-order valence-corrected chi connectivity index (χ1v) is 13.1. The lowest BCUT2D eigenvalue weighted by Crippen LogP contribution is -1.84. The quantitative estimate of drug-likeness (QED) is 0.234. The Labute approximate surface area is 223 Å².